The molecule has 3 nitrogen and oxygen atoms in total. The molecule has 4 heteroatoms. The van der Waals surface area contributed by atoms with Crippen LogP contribution in [0.5, 0.6) is 5.75 Å². The molecular weight excluding hydrogens is 308 g/mol. The summed E-state index contributed by atoms with van der Waals surface area (Å²) in [4.78, 5) is 25.1. The van der Waals surface area contributed by atoms with E-state index in [9.17, 15) is 9.59 Å². The van der Waals surface area contributed by atoms with Gasteiger partial charge in [0.15, 0.2) is 11.6 Å². The Kier molecular flexibility index (Phi) is 6.88. The van der Waals surface area contributed by atoms with Gasteiger partial charge in [0.25, 0.3) is 0 Å². The van der Waals surface area contributed by atoms with E-state index in [1.165, 1.54) is 0 Å². The summed E-state index contributed by atoms with van der Waals surface area (Å²) in [5.74, 6) is 1.59. The van der Waals surface area contributed by atoms with Gasteiger partial charge in [-0.1, -0.05) is 37.3 Å². The molecule has 0 saturated heterocycles. The van der Waals surface area contributed by atoms with Gasteiger partial charge in [0.2, 0.25) is 0 Å². The first-order valence-corrected chi connectivity index (χ1v) is 8.63. The molecule has 0 radical (unpaired) electrons. The molecule has 0 bridgehead atoms. The number of para-hydroxylation sites is 1. The third-order valence-corrected chi connectivity index (χ3v) is 4.16. The first kappa shape index (κ1) is 17.3. The molecule has 23 heavy (non-hydrogen) atoms. The van der Waals surface area contributed by atoms with Crippen molar-refractivity contribution in [1.29, 1.82) is 0 Å². The van der Waals surface area contributed by atoms with Crippen molar-refractivity contribution in [3.05, 3.63) is 60.2 Å². The van der Waals surface area contributed by atoms with Crippen molar-refractivity contribution in [2.45, 2.75) is 24.7 Å². The fourth-order valence-electron chi connectivity index (χ4n) is 2.05. The van der Waals surface area contributed by atoms with Gasteiger partial charge in [-0.05, 0) is 30.0 Å². The number of Topliss-reactive ketones (excluding diaryl/α,β-unsaturated/α-hetero) is 2. The van der Waals surface area contributed by atoms with Crippen molar-refractivity contribution in [2.24, 2.45) is 0 Å². The summed E-state index contributed by atoms with van der Waals surface area (Å²) in [7, 11) is 0. The van der Waals surface area contributed by atoms with Gasteiger partial charge < -0.3 is 4.74 Å². The third-order valence-electron chi connectivity index (χ3n) is 3.26. The summed E-state index contributed by atoms with van der Waals surface area (Å²) in [6, 6.07) is 16.7. The smallest absolute Gasteiger partial charge is 0.170 e. The Bertz CT molecular complexity index is 635. The predicted molar refractivity (Wildman–Crippen MR) is 93.3 cm³/mol. The topological polar surface area (TPSA) is 43.4 Å². The highest BCUT2D eigenvalue weighted by Crippen LogP contribution is 2.18. The second-order valence-corrected chi connectivity index (χ2v) is 6.36. The molecule has 0 heterocycles. The zero-order valence-electron chi connectivity index (χ0n) is 13.2. The monoisotopic (exact) mass is 328 g/mol. The summed E-state index contributed by atoms with van der Waals surface area (Å²) in [5, 5.41) is 0. The van der Waals surface area contributed by atoms with E-state index in [2.05, 4.69) is 6.92 Å². The van der Waals surface area contributed by atoms with Crippen LogP contribution < -0.4 is 4.74 Å². The first-order valence-electron chi connectivity index (χ1n) is 7.64. The lowest BCUT2D eigenvalue weighted by molar-refractivity contribution is -0.121. The van der Waals surface area contributed by atoms with E-state index in [0.717, 1.165) is 10.6 Å². The number of ether oxygens (including phenoxy) is 1. The van der Waals surface area contributed by atoms with Gasteiger partial charge >= 0.3 is 0 Å². The minimum atomic E-state index is -0.0691. The molecule has 0 atom stereocenters. The van der Waals surface area contributed by atoms with Gasteiger partial charge in [-0.15, -0.1) is 11.8 Å². The van der Waals surface area contributed by atoms with Crippen molar-refractivity contribution in [3.63, 3.8) is 0 Å². The molecule has 0 N–H and O–H groups in total. The van der Waals surface area contributed by atoms with Gasteiger partial charge in [0, 0.05) is 23.3 Å². The second-order valence-electron chi connectivity index (χ2n) is 5.02. The van der Waals surface area contributed by atoms with Crippen molar-refractivity contribution in [1.82, 2.24) is 0 Å². The lowest BCUT2D eigenvalue weighted by Gasteiger charge is -2.05. The van der Waals surface area contributed by atoms with E-state index in [1.54, 1.807) is 23.9 Å². The number of rotatable bonds is 9. The van der Waals surface area contributed by atoms with Gasteiger partial charge in [0.05, 0.1) is 0 Å². The van der Waals surface area contributed by atoms with Crippen molar-refractivity contribution >= 4 is 23.3 Å². The number of carbonyl (C=O) groups is 2. The van der Waals surface area contributed by atoms with Gasteiger partial charge in [0.1, 0.15) is 12.4 Å². The Labute approximate surface area is 141 Å². The minimum absolute atomic E-state index is 0.00334. The van der Waals surface area contributed by atoms with E-state index >= 15 is 0 Å². The zero-order valence-corrected chi connectivity index (χ0v) is 14.0. The number of hydrogen-bond donors (Lipinski definition) is 0. The number of benzene rings is 2. The van der Waals surface area contributed by atoms with E-state index < -0.39 is 0 Å². The average Bonchev–Trinajstić information content (AvgIpc) is 2.59. The molecule has 0 aliphatic carbocycles. The highest BCUT2D eigenvalue weighted by Gasteiger charge is 2.10. The Balaban J connectivity index is 1.76. The van der Waals surface area contributed by atoms with Crippen LogP contribution in [0.15, 0.2) is 59.5 Å². The molecule has 0 unspecified atom stereocenters. The number of hydrogen-bond acceptors (Lipinski definition) is 4. The molecule has 0 amide bonds. The lowest BCUT2D eigenvalue weighted by atomic mass is 10.1. The Morgan fingerprint density at radius 3 is 2.30 bits per heavy atom. The molecule has 0 spiro atoms. The predicted octanol–water partition coefficient (Wildman–Crippen LogP) is 4.41. The van der Waals surface area contributed by atoms with E-state index in [0.29, 0.717) is 11.3 Å². The van der Waals surface area contributed by atoms with Gasteiger partial charge in [-0.25, -0.2) is 0 Å². The SMILES string of the molecule is CCSc1ccc(C(=O)CCC(=O)COc2ccccc2)cc1. The fraction of sp³-hybridized carbons (Fsp3) is 0.263. The number of ketones is 2. The van der Waals surface area contributed by atoms with Crippen molar-refractivity contribution < 1.29 is 14.3 Å². The molecule has 120 valence electrons. The summed E-state index contributed by atoms with van der Waals surface area (Å²) < 4.78 is 5.38. The Hall–Kier alpha value is -2.07. The molecule has 0 aromatic heterocycles. The first-order chi connectivity index (χ1) is 11.2. The fourth-order valence-corrected chi connectivity index (χ4v) is 2.72. The summed E-state index contributed by atoms with van der Waals surface area (Å²) in [6.45, 7) is 2.09. The summed E-state index contributed by atoms with van der Waals surface area (Å²) in [5.41, 5.74) is 0.655. The number of thioether (sulfide) groups is 1. The van der Waals surface area contributed by atoms with Gasteiger partial charge in [-0.2, -0.15) is 0 Å². The molecule has 2 rings (SSSR count). The van der Waals surface area contributed by atoms with E-state index in [1.807, 2.05) is 42.5 Å². The molecule has 2 aromatic rings. The lowest BCUT2D eigenvalue weighted by Crippen LogP contribution is -2.13. The van der Waals surface area contributed by atoms with Crippen LogP contribution in [0, 0.1) is 0 Å². The van der Waals surface area contributed by atoms with Crippen LogP contribution in [0.3, 0.4) is 0 Å². The Morgan fingerprint density at radius 1 is 0.957 bits per heavy atom. The van der Waals surface area contributed by atoms with Crippen LogP contribution >= 0.6 is 11.8 Å². The van der Waals surface area contributed by atoms with Crippen LogP contribution in [-0.2, 0) is 4.79 Å². The van der Waals surface area contributed by atoms with Crippen LogP contribution in [0.4, 0.5) is 0 Å². The maximum absolute atomic E-state index is 12.1. The van der Waals surface area contributed by atoms with E-state index in [-0.39, 0.29) is 31.0 Å². The summed E-state index contributed by atoms with van der Waals surface area (Å²) >= 11 is 1.74. The standard InChI is InChI=1S/C19H20O3S/c1-2-23-18-11-8-15(9-12-18)19(21)13-10-16(20)14-22-17-6-4-3-5-7-17/h3-9,11-12H,2,10,13-14H2,1H3. The third kappa shape index (κ3) is 5.91. The number of carbonyl (C=O) groups excluding carboxylic acids is 2. The normalized spacial score (nSPS) is 10.3. The minimum Gasteiger partial charge on any atom is -0.486 e. The highest BCUT2D eigenvalue weighted by atomic mass is 32.2. The van der Waals surface area contributed by atoms with Crippen LogP contribution in [0.2, 0.25) is 0 Å². The highest BCUT2D eigenvalue weighted by molar-refractivity contribution is 7.99. The second kappa shape index (κ2) is 9.16. The summed E-state index contributed by atoms with van der Waals surface area (Å²) in [6.07, 6.45) is 0.425. The quantitative estimate of drug-likeness (QED) is 0.505. The molecule has 2 aromatic carbocycles. The van der Waals surface area contributed by atoms with Crippen LogP contribution in [0.1, 0.15) is 30.1 Å². The average molecular weight is 328 g/mol. The molecule has 0 saturated carbocycles. The molecular formula is C19H20O3S. The van der Waals surface area contributed by atoms with Crippen LogP contribution in [-0.4, -0.2) is 23.9 Å². The maximum Gasteiger partial charge on any atom is 0.170 e. The zero-order chi connectivity index (χ0) is 16.5. The van der Waals surface area contributed by atoms with Crippen molar-refractivity contribution in [2.75, 3.05) is 12.4 Å². The Morgan fingerprint density at radius 2 is 1.65 bits per heavy atom. The molecule has 0 aliphatic heterocycles. The van der Waals surface area contributed by atoms with E-state index in [4.69, 9.17) is 4.74 Å². The maximum atomic E-state index is 12.1. The van der Waals surface area contributed by atoms with Gasteiger partial charge in [-0.3, -0.25) is 9.59 Å². The van der Waals surface area contributed by atoms with Crippen LogP contribution in [0.25, 0.3) is 0 Å². The molecule has 0 fully saturated rings. The van der Waals surface area contributed by atoms with Crippen molar-refractivity contribution in [3.8, 4) is 5.75 Å². The molecule has 0 aliphatic rings. The largest absolute Gasteiger partial charge is 0.486 e.